The van der Waals surface area contributed by atoms with Gasteiger partial charge in [-0.25, -0.2) is 4.98 Å². The van der Waals surface area contributed by atoms with Crippen molar-refractivity contribution in [3.05, 3.63) is 72.9 Å². The highest BCUT2D eigenvalue weighted by Crippen LogP contribution is 2.20. The number of unbranched alkanes of at least 4 members (excludes halogenated alkanes) is 4. The summed E-state index contributed by atoms with van der Waals surface area (Å²) in [6, 6.07) is 3.45. The van der Waals surface area contributed by atoms with E-state index < -0.39 is 10.9 Å². The van der Waals surface area contributed by atoms with E-state index in [4.69, 9.17) is 0 Å². The van der Waals surface area contributed by atoms with Gasteiger partial charge in [0.05, 0.1) is 6.42 Å². The van der Waals surface area contributed by atoms with Gasteiger partial charge in [-0.05, 0) is 31.4 Å². The van der Waals surface area contributed by atoms with Gasteiger partial charge in [-0.15, -0.1) is 0 Å². The second-order valence-corrected chi connectivity index (χ2v) is 7.97. The molecule has 9 nitrogen and oxygen atoms in total. The summed E-state index contributed by atoms with van der Waals surface area (Å²) < 4.78 is 0. The summed E-state index contributed by atoms with van der Waals surface area (Å²) in [5.41, 5.74) is 0.768. The molecular weight excluding hydrogens is 422 g/mol. The number of Topliss-reactive ketones (excluding diaryl/α,β-unsaturated/α-hetero) is 1. The number of H-pyrrole nitrogens is 1. The van der Waals surface area contributed by atoms with Crippen LogP contribution in [-0.4, -0.2) is 27.3 Å². The number of hydrogen-bond acceptors (Lipinski definition) is 8. The quantitative estimate of drug-likeness (QED) is 0.252. The molecule has 0 spiro atoms. The average Bonchev–Trinajstić information content (AvgIpc) is 2.82. The number of aromatic nitrogens is 3. The van der Waals surface area contributed by atoms with Crippen LogP contribution in [-0.2, 0) is 17.6 Å². The van der Waals surface area contributed by atoms with Crippen LogP contribution >= 0.6 is 0 Å². The molecule has 0 bridgehead atoms. The van der Waals surface area contributed by atoms with Gasteiger partial charge < -0.3 is 15.6 Å². The largest absolute Gasteiger partial charge is 0.380 e. The molecule has 0 saturated carbocycles. The normalized spacial score (nSPS) is 10.9. The van der Waals surface area contributed by atoms with Gasteiger partial charge in [-0.3, -0.25) is 24.2 Å². The van der Waals surface area contributed by atoms with Gasteiger partial charge in [0.25, 0.3) is 16.4 Å². The van der Waals surface area contributed by atoms with Crippen LogP contribution in [0.25, 0.3) is 0 Å². The van der Waals surface area contributed by atoms with Gasteiger partial charge in [-0.1, -0.05) is 26.2 Å². The van der Waals surface area contributed by atoms with Gasteiger partial charge in [0.15, 0.2) is 0 Å². The van der Waals surface area contributed by atoms with E-state index in [9.17, 15) is 19.2 Å². The van der Waals surface area contributed by atoms with Gasteiger partial charge in [0.1, 0.15) is 23.0 Å². The summed E-state index contributed by atoms with van der Waals surface area (Å²) >= 11 is 0. The van der Waals surface area contributed by atoms with Crippen molar-refractivity contribution in [3.63, 3.8) is 0 Å². The summed E-state index contributed by atoms with van der Waals surface area (Å²) in [5, 5.41) is 6.02. The second kappa shape index (κ2) is 11.8. The fourth-order valence-corrected chi connectivity index (χ4v) is 3.52. The maximum atomic E-state index is 12.1. The van der Waals surface area contributed by atoms with E-state index >= 15 is 0 Å². The first-order chi connectivity index (χ1) is 16.0. The Labute approximate surface area is 191 Å². The molecule has 0 amide bonds. The Kier molecular flexibility index (Phi) is 8.63. The number of pyridine rings is 1. The van der Waals surface area contributed by atoms with Crippen LogP contribution in [0.3, 0.4) is 0 Å². The number of carbonyl (C=O) groups is 1. The zero-order valence-corrected chi connectivity index (χ0v) is 18.8. The minimum atomic E-state index is -0.514. The molecule has 2 aromatic heterocycles. The molecule has 2 heterocycles. The number of nitrogens with one attached hydrogen (secondary N) is 3. The van der Waals surface area contributed by atoms with Gasteiger partial charge in [0.2, 0.25) is 0 Å². The molecule has 9 heteroatoms. The summed E-state index contributed by atoms with van der Waals surface area (Å²) in [6.07, 6.45) is 10.5. The SMILES string of the molecule is CCc1cnc(CC(=O)CCCCCCCNc2c(Nc3ccncc3)c(=O)c2=O)[nH]c1=O. The molecule has 3 N–H and O–H groups in total. The molecule has 3 rings (SSSR count). The van der Waals surface area contributed by atoms with E-state index in [-0.39, 0.29) is 17.8 Å². The molecule has 0 unspecified atom stereocenters. The Bertz CT molecular complexity index is 1200. The van der Waals surface area contributed by atoms with E-state index in [1.807, 2.05) is 6.92 Å². The molecule has 0 aliphatic carbocycles. The van der Waals surface area contributed by atoms with Gasteiger partial charge >= 0.3 is 0 Å². The Balaban J connectivity index is 1.29. The van der Waals surface area contributed by atoms with E-state index in [1.54, 1.807) is 24.5 Å². The fraction of sp³-hybridized carbons (Fsp3) is 0.417. The summed E-state index contributed by atoms with van der Waals surface area (Å²) in [6.45, 7) is 2.48. The summed E-state index contributed by atoms with van der Waals surface area (Å²) in [7, 11) is 0. The molecule has 0 atom stereocenters. The van der Waals surface area contributed by atoms with Gasteiger partial charge in [0, 0.05) is 42.8 Å². The lowest BCUT2D eigenvalue weighted by molar-refractivity contribution is -0.118. The summed E-state index contributed by atoms with van der Waals surface area (Å²) in [5.74, 6) is 0.489. The van der Waals surface area contributed by atoms with Crippen LogP contribution in [0.5, 0.6) is 0 Å². The summed E-state index contributed by atoms with van der Waals surface area (Å²) in [4.78, 5) is 58.3. The lowest BCUT2D eigenvalue weighted by Gasteiger charge is -2.14. The van der Waals surface area contributed by atoms with Crippen molar-refractivity contribution < 1.29 is 4.79 Å². The van der Waals surface area contributed by atoms with Crippen LogP contribution in [0, 0.1) is 0 Å². The Hall–Kier alpha value is -3.62. The van der Waals surface area contributed by atoms with Crippen molar-refractivity contribution >= 4 is 22.8 Å². The number of carbonyl (C=O) groups excluding carboxylic acids is 1. The molecule has 33 heavy (non-hydrogen) atoms. The molecule has 0 aliphatic rings. The van der Waals surface area contributed by atoms with Crippen LogP contribution in [0.15, 0.2) is 45.1 Å². The van der Waals surface area contributed by atoms with Crippen LogP contribution in [0.4, 0.5) is 17.1 Å². The molecule has 1 aromatic carbocycles. The topological polar surface area (TPSA) is 134 Å². The lowest BCUT2D eigenvalue weighted by Crippen LogP contribution is -2.36. The first-order valence-electron chi connectivity index (χ1n) is 11.3. The van der Waals surface area contributed by atoms with Crippen molar-refractivity contribution in [2.45, 2.75) is 58.3 Å². The number of rotatable bonds is 14. The highest BCUT2D eigenvalue weighted by molar-refractivity contribution is 5.80. The average molecular weight is 452 g/mol. The number of aryl methyl sites for hydroxylation is 1. The number of hydrogen-bond donors (Lipinski definition) is 3. The Morgan fingerprint density at radius 3 is 2.39 bits per heavy atom. The van der Waals surface area contributed by atoms with Crippen LogP contribution < -0.4 is 27.1 Å². The van der Waals surface area contributed by atoms with E-state index in [0.717, 1.165) is 32.1 Å². The van der Waals surface area contributed by atoms with E-state index in [2.05, 4.69) is 25.6 Å². The first-order valence-corrected chi connectivity index (χ1v) is 11.3. The molecule has 0 fully saturated rings. The van der Waals surface area contributed by atoms with E-state index in [1.165, 1.54) is 6.20 Å². The minimum Gasteiger partial charge on any atom is -0.380 e. The third-order valence-electron chi connectivity index (χ3n) is 5.47. The van der Waals surface area contributed by atoms with E-state index in [0.29, 0.717) is 47.8 Å². The predicted octanol–water partition coefficient (Wildman–Crippen LogP) is 2.63. The van der Waals surface area contributed by atoms with Crippen molar-refractivity contribution in [2.75, 3.05) is 17.2 Å². The zero-order valence-electron chi connectivity index (χ0n) is 18.8. The van der Waals surface area contributed by atoms with Gasteiger partial charge in [-0.2, -0.15) is 0 Å². The molecular formula is C24H29N5O4. The van der Waals surface area contributed by atoms with Crippen molar-refractivity contribution in [3.8, 4) is 0 Å². The van der Waals surface area contributed by atoms with Crippen molar-refractivity contribution in [2.24, 2.45) is 0 Å². The maximum Gasteiger partial charge on any atom is 0.254 e. The molecule has 0 radical (unpaired) electrons. The number of aromatic amines is 1. The third-order valence-corrected chi connectivity index (χ3v) is 5.47. The third kappa shape index (κ3) is 6.68. The number of anilines is 3. The Morgan fingerprint density at radius 1 is 0.970 bits per heavy atom. The molecule has 0 saturated heterocycles. The first kappa shape index (κ1) is 24.0. The highest BCUT2D eigenvalue weighted by Gasteiger charge is 2.20. The van der Waals surface area contributed by atoms with Crippen LogP contribution in [0.2, 0.25) is 0 Å². The smallest absolute Gasteiger partial charge is 0.254 e. The highest BCUT2D eigenvalue weighted by atomic mass is 16.2. The zero-order chi connectivity index (χ0) is 23.6. The fourth-order valence-electron chi connectivity index (χ4n) is 3.52. The maximum absolute atomic E-state index is 12.1. The lowest BCUT2D eigenvalue weighted by atomic mass is 10.1. The molecule has 0 aliphatic heterocycles. The monoisotopic (exact) mass is 451 g/mol. The number of nitrogens with zero attached hydrogens (tertiary/aromatic N) is 2. The predicted molar refractivity (Wildman–Crippen MR) is 128 cm³/mol. The number of ketones is 1. The molecule has 3 aromatic rings. The minimum absolute atomic E-state index is 0.0680. The van der Waals surface area contributed by atoms with Crippen molar-refractivity contribution in [1.29, 1.82) is 0 Å². The second-order valence-electron chi connectivity index (χ2n) is 7.97. The molecule has 174 valence electrons. The standard InChI is InChI=1S/C24H29N5O4/c1-2-16-15-27-19(29-24(16)33)14-18(30)8-6-4-3-5-7-11-26-20-21(23(32)22(20)31)28-17-9-12-25-13-10-17/h9-10,12-13,15,26H,2-8,11,14H2,1H3,(H,25,28)(H,27,29,33). The Morgan fingerprint density at radius 2 is 1.67 bits per heavy atom. The van der Waals surface area contributed by atoms with Crippen molar-refractivity contribution in [1.82, 2.24) is 15.0 Å². The van der Waals surface area contributed by atoms with Crippen LogP contribution in [0.1, 0.15) is 56.8 Å².